The summed E-state index contributed by atoms with van der Waals surface area (Å²) in [6, 6.07) is -0.856. The van der Waals surface area contributed by atoms with Crippen molar-refractivity contribution in [3.05, 3.63) is 97.2 Å². The maximum Gasteiger partial charge on any atom is 0.472 e. The van der Waals surface area contributed by atoms with Crippen LogP contribution in [0, 0.1) is 0 Å². The third-order valence-corrected chi connectivity index (χ3v) is 13.5. The number of nitrogens with zero attached hydrogens (tertiary/aromatic N) is 1. The first-order valence-electron chi connectivity index (χ1n) is 29.1. The largest absolute Gasteiger partial charge is 0.472 e. The van der Waals surface area contributed by atoms with Gasteiger partial charge in [0.2, 0.25) is 5.91 Å². The van der Waals surface area contributed by atoms with Gasteiger partial charge in [0.25, 0.3) is 0 Å². The van der Waals surface area contributed by atoms with Crippen LogP contribution in [0.1, 0.15) is 239 Å². The van der Waals surface area contributed by atoms with Crippen LogP contribution in [0.25, 0.3) is 0 Å². The summed E-state index contributed by atoms with van der Waals surface area (Å²) in [6.07, 6.45) is 75.0. The molecule has 0 aliphatic carbocycles. The maximum absolute atomic E-state index is 13.0. The lowest BCUT2D eigenvalue weighted by Crippen LogP contribution is -2.45. The van der Waals surface area contributed by atoms with E-state index in [1.807, 2.05) is 27.2 Å². The Bertz CT molecular complexity index is 1470. The highest BCUT2D eigenvalue weighted by Gasteiger charge is 2.27. The fraction of sp³-hybridized carbons (Fsp3) is 0.726. The van der Waals surface area contributed by atoms with Crippen molar-refractivity contribution in [1.29, 1.82) is 0 Å². The van der Waals surface area contributed by atoms with E-state index in [2.05, 4.69) is 104 Å². The number of likely N-dealkylation sites (N-methyl/N-ethyl adjacent to an activating group) is 1. The molecular weight excluding hydrogens is 900 g/mol. The second kappa shape index (κ2) is 52.3. The number of aliphatic hydroxyl groups excluding tert-OH is 1. The van der Waals surface area contributed by atoms with Gasteiger partial charge in [0.05, 0.1) is 39.9 Å². The number of rotatable bonds is 52. The minimum Gasteiger partial charge on any atom is -0.387 e. The van der Waals surface area contributed by atoms with Crippen molar-refractivity contribution in [2.75, 3.05) is 40.9 Å². The highest BCUT2D eigenvalue weighted by atomic mass is 31.2. The van der Waals surface area contributed by atoms with Crippen molar-refractivity contribution in [3.63, 3.8) is 0 Å². The summed E-state index contributed by atoms with van der Waals surface area (Å²) in [7, 11) is 1.56. The van der Waals surface area contributed by atoms with Gasteiger partial charge in [-0.15, -0.1) is 0 Å². The number of quaternary nitrogens is 1. The van der Waals surface area contributed by atoms with E-state index in [0.29, 0.717) is 17.4 Å². The number of carbonyl (C=O) groups is 1. The lowest BCUT2D eigenvalue weighted by atomic mass is 10.0. The third kappa shape index (κ3) is 55.0. The normalized spacial score (nSPS) is 14.6. The lowest BCUT2D eigenvalue weighted by Gasteiger charge is -2.25. The molecule has 0 spiro atoms. The van der Waals surface area contributed by atoms with Crippen molar-refractivity contribution >= 4 is 13.7 Å². The van der Waals surface area contributed by atoms with E-state index < -0.39 is 20.0 Å². The average molecular weight is 1010 g/mol. The Morgan fingerprint density at radius 1 is 0.493 bits per heavy atom. The molecule has 0 radical (unpaired) electrons. The molecule has 0 fully saturated rings. The van der Waals surface area contributed by atoms with Gasteiger partial charge < -0.3 is 19.8 Å². The predicted octanol–water partition coefficient (Wildman–Crippen LogP) is 17.8. The van der Waals surface area contributed by atoms with Crippen LogP contribution in [-0.4, -0.2) is 73.4 Å². The summed E-state index contributed by atoms with van der Waals surface area (Å²) in [5.74, 6) is -0.186. The fourth-order valence-electron chi connectivity index (χ4n) is 8.02. The fourth-order valence-corrected chi connectivity index (χ4v) is 8.76. The van der Waals surface area contributed by atoms with Crippen molar-refractivity contribution in [3.8, 4) is 0 Å². The van der Waals surface area contributed by atoms with Crippen molar-refractivity contribution in [2.24, 2.45) is 0 Å². The molecule has 0 saturated carbocycles. The maximum atomic E-state index is 13.0. The Morgan fingerprint density at radius 2 is 0.845 bits per heavy atom. The molecule has 3 atom stereocenters. The molecule has 3 N–H and O–H groups in total. The van der Waals surface area contributed by atoms with E-state index in [4.69, 9.17) is 9.05 Å². The first-order chi connectivity index (χ1) is 34.5. The van der Waals surface area contributed by atoms with Crippen LogP contribution in [0.15, 0.2) is 97.2 Å². The molecule has 0 aliphatic rings. The van der Waals surface area contributed by atoms with Gasteiger partial charge in [0.15, 0.2) is 0 Å². The van der Waals surface area contributed by atoms with Crippen molar-refractivity contribution < 1.29 is 32.9 Å². The summed E-state index contributed by atoms with van der Waals surface area (Å²) >= 11 is 0. The molecule has 0 rings (SSSR count). The Kier molecular flexibility index (Phi) is 50.4. The van der Waals surface area contributed by atoms with E-state index in [1.54, 1.807) is 6.08 Å². The number of unbranched alkanes of at least 4 members (excludes halogenated alkanes) is 25. The quantitative estimate of drug-likeness (QED) is 0.0243. The van der Waals surface area contributed by atoms with Gasteiger partial charge in [-0.1, -0.05) is 252 Å². The number of allylic oxidation sites excluding steroid dienone is 15. The smallest absolute Gasteiger partial charge is 0.387 e. The molecule has 8 nitrogen and oxygen atoms in total. The van der Waals surface area contributed by atoms with E-state index in [0.717, 1.165) is 89.9 Å². The number of aliphatic hydroxyl groups is 1. The predicted molar refractivity (Wildman–Crippen MR) is 309 cm³/mol. The molecule has 3 unspecified atom stereocenters. The topological polar surface area (TPSA) is 105 Å². The zero-order valence-electron chi connectivity index (χ0n) is 46.7. The van der Waals surface area contributed by atoms with Crippen LogP contribution in [-0.2, 0) is 18.4 Å². The first-order valence-corrected chi connectivity index (χ1v) is 30.6. The van der Waals surface area contributed by atoms with Gasteiger partial charge in [-0.3, -0.25) is 13.8 Å². The molecule has 0 bridgehead atoms. The molecule has 410 valence electrons. The number of amides is 1. The van der Waals surface area contributed by atoms with Crippen LogP contribution in [0.2, 0.25) is 0 Å². The second-order valence-corrected chi connectivity index (χ2v) is 22.1. The highest BCUT2D eigenvalue weighted by Crippen LogP contribution is 2.43. The molecule has 9 heteroatoms. The summed E-state index contributed by atoms with van der Waals surface area (Å²) in [6.45, 7) is 4.70. The van der Waals surface area contributed by atoms with Gasteiger partial charge in [-0.05, 0) is 77.0 Å². The van der Waals surface area contributed by atoms with E-state index in [9.17, 15) is 19.4 Å². The molecule has 0 saturated heterocycles. The number of hydrogen-bond donors (Lipinski definition) is 3. The number of nitrogens with one attached hydrogen (secondary N) is 1. The molecule has 71 heavy (non-hydrogen) atoms. The molecule has 0 heterocycles. The van der Waals surface area contributed by atoms with E-state index >= 15 is 0 Å². The lowest BCUT2D eigenvalue weighted by molar-refractivity contribution is -0.870. The summed E-state index contributed by atoms with van der Waals surface area (Å²) in [5.41, 5.74) is 0. The zero-order chi connectivity index (χ0) is 52.0. The van der Waals surface area contributed by atoms with Crippen LogP contribution in [0.5, 0.6) is 0 Å². The van der Waals surface area contributed by atoms with Gasteiger partial charge in [0, 0.05) is 6.42 Å². The molecule has 0 aromatic carbocycles. The first kappa shape index (κ1) is 68.4. The Balaban J connectivity index is 4.22. The summed E-state index contributed by atoms with van der Waals surface area (Å²) < 4.78 is 23.7. The van der Waals surface area contributed by atoms with Crippen LogP contribution in [0.4, 0.5) is 0 Å². The van der Waals surface area contributed by atoms with Gasteiger partial charge >= 0.3 is 7.82 Å². The number of carbonyl (C=O) groups excluding carboxylic acids is 1. The minimum atomic E-state index is -4.35. The standard InChI is InChI=1S/C62H111N2O6P/c1-6-8-10-12-14-16-18-20-22-24-26-27-28-29-30-31-32-33-34-35-36-37-38-40-42-44-46-48-50-52-54-56-62(66)63-60(59-70-71(67,68)69-58-57-64(3,4)5)61(65)55-53-51-49-47-45-43-41-39-25-23-21-19-17-15-13-11-9-7-2/h8,10,14,16,20,22,26-27,29-30,32-33,35-36,53,55,60-61,65H,6-7,9,11-13,15,17-19,21,23-25,28,31,34,37-52,54,56-59H2,1-5H3,(H-,63,66,67,68)/p+1/b10-8-,16-14-,22-20-,27-26-,30-29-,33-32-,36-35-,55-53+. The van der Waals surface area contributed by atoms with Gasteiger partial charge in [-0.25, -0.2) is 4.57 Å². The Hall–Kier alpha value is -2.58. The number of phosphoric ester groups is 1. The monoisotopic (exact) mass is 1010 g/mol. The SMILES string of the molecule is CC/C=C\C/C=C\C/C=C\C/C=C\C/C=C\C/C=C\C/C=C\CCCCCCCCCCCC(=O)NC(COP(=O)(O)OCC[N+](C)(C)C)C(O)/C=C/CCCCCCCCCCCCCCCCCC. The number of hydrogen-bond acceptors (Lipinski definition) is 5. The molecular formula is C62H112N2O6P+. The molecule has 1 amide bonds. The van der Waals surface area contributed by atoms with Crippen LogP contribution < -0.4 is 5.32 Å². The van der Waals surface area contributed by atoms with Gasteiger partial charge in [0.1, 0.15) is 13.2 Å². The highest BCUT2D eigenvalue weighted by molar-refractivity contribution is 7.47. The Labute approximate surface area is 439 Å². The molecule has 0 aromatic rings. The third-order valence-electron chi connectivity index (χ3n) is 12.6. The Morgan fingerprint density at radius 3 is 1.24 bits per heavy atom. The minimum absolute atomic E-state index is 0.0561. The molecule has 0 aliphatic heterocycles. The van der Waals surface area contributed by atoms with Crippen LogP contribution in [0.3, 0.4) is 0 Å². The average Bonchev–Trinajstić information content (AvgIpc) is 3.33. The van der Waals surface area contributed by atoms with Gasteiger partial charge in [-0.2, -0.15) is 0 Å². The van der Waals surface area contributed by atoms with Crippen molar-refractivity contribution in [1.82, 2.24) is 5.32 Å². The number of phosphoric acid groups is 1. The van der Waals surface area contributed by atoms with Crippen molar-refractivity contribution in [2.45, 2.75) is 251 Å². The second-order valence-electron chi connectivity index (χ2n) is 20.6. The zero-order valence-corrected chi connectivity index (χ0v) is 47.6. The van der Waals surface area contributed by atoms with E-state index in [1.165, 1.54) is 128 Å². The van der Waals surface area contributed by atoms with E-state index in [-0.39, 0.29) is 19.1 Å². The summed E-state index contributed by atoms with van der Waals surface area (Å²) in [4.78, 5) is 23.3. The summed E-state index contributed by atoms with van der Waals surface area (Å²) in [5, 5.41) is 13.9. The molecule has 0 aromatic heterocycles. The van der Waals surface area contributed by atoms with Crippen LogP contribution >= 0.6 is 7.82 Å².